The number of imidazole rings is 1. The summed E-state index contributed by atoms with van der Waals surface area (Å²) in [6.07, 6.45) is 0.818. The normalized spacial score (nSPS) is 15.4. The number of carbonyl (C=O) groups excluding carboxylic acids is 2. The fourth-order valence-electron chi connectivity index (χ4n) is 4.06. The van der Waals surface area contributed by atoms with E-state index in [-0.39, 0.29) is 16.7 Å². The molecule has 182 valence electrons. The van der Waals surface area contributed by atoms with Crippen molar-refractivity contribution in [1.82, 2.24) is 29.0 Å². The van der Waals surface area contributed by atoms with Crippen LogP contribution in [0.3, 0.4) is 0 Å². The molecule has 1 aromatic heterocycles. The summed E-state index contributed by atoms with van der Waals surface area (Å²) in [7, 11) is -0.538. The molecule has 1 N–H and O–H groups in total. The highest BCUT2D eigenvalue weighted by atomic mass is 32.2. The lowest BCUT2D eigenvalue weighted by molar-refractivity contribution is -0.133. The molecule has 10 nitrogen and oxygen atoms in total. The van der Waals surface area contributed by atoms with Crippen molar-refractivity contribution >= 4 is 32.9 Å². The Balaban J connectivity index is 1.64. The highest BCUT2D eigenvalue weighted by molar-refractivity contribution is 7.89. The number of aryl methyl sites for hydroxylation is 2. The van der Waals surface area contributed by atoms with Gasteiger partial charge in [-0.2, -0.15) is 0 Å². The van der Waals surface area contributed by atoms with Crippen LogP contribution in [0.5, 0.6) is 0 Å². The zero-order valence-corrected chi connectivity index (χ0v) is 20.7. The Labute approximate surface area is 195 Å². The number of piperazine rings is 1. The number of sulfonamides is 1. The Morgan fingerprint density at radius 3 is 2.42 bits per heavy atom. The monoisotopic (exact) mass is 478 g/mol. The smallest absolute Gasteiger partial charge is 0.242 e. The molecule has 2 heterocycles. The van der Waals surface area contributed by atoms with Crippen LogP contribution >= 0.6 is 0 Å². The first kappa shape index (κ1) is 25.1. The van der Waals surface area contributed by atoms with Crippen molar-refractivity contribution in [2.75, 3.05) is 53.4 Å². The number of amides is 2. The maximum Gasteiger partial charge on any atom is 0.242 e. The maximum absolute atomic E-state index is 12.8. The predicted octanol–water partition coefficient (Wildman–Crippen LogP) is 0.519. The standard InChI is InChI=1S/C22H34N6O4S/c1-5-23-21(29)16-26-11-13-27(14-12-26)22(30)10-9-20-24-18-15-17(33(31,32)25(3)4)7-8-19(18)28(20)6-2/h7-8,15H,5-6,9-14,16H2,1-4H3,(H,23,29). The Morgan fingerprint density at radius 2 is 1.82 bits per heavy atom. The molecule has 3 rings (SSSR count). The van der Waals surface area contributed by atoms with Gasteiger partial charge in [0.05, 0.1) is 22.5 Å². The third kappa shape index (κ3) is 5.71. The molecular weight excluding hydrogens is 444 g/mol. The fraction of sp³-hybridized carbons (Fsp3) is 0.591. The number of hydrogen-bond acceptors (Lipinski definition) is 6. The fourth-order valence-corrected chi connectivity index (χ4v) is 4.99. The van der Waals surface area contributed by atoms with Crippen LogP contribution in [0.15, 0.2) is 23.1 Å². The minimum absolute atomic E-state index is 0.0114. The molecule has 0 saturated carbocycles. The van der Waals surface area contributed by atoms with E-state index in [1.807, 2.05) is 23.3 Å². The van der Waals surface area contributed by atoms with Gasteiger partial charge in [-0.15, -0.1) is 0 Å². The summed E-state index contributed by atoms with van der Waals surface area (Å²) in [6.45, 7) is 8.13. The number of likely N-dealkylation sites (N-methyl/N-ethyl adjacent to an activating group) is 1. The molecule has 0 bridgehead atoms. The summed E-state index contributed by atoms with van der Waals surface area (Å²) in [5, 5.41) is 2.80. The van der Waals surface area contributed by atoms with Gasteiger partial charge < -0.3 is 14.8 Å². The summed E-state index contributed by atoms with van der Waals surface area (Å²) < 4.78 is 28.1. The molecule has 1 fully saturated rings. The molecule has 0 radical (unpaired) electrons. The zero-order chi connectivity index (χ0) is 24.2. The van der Waals surface area contributed by atoms with Crippen LogP contribution in [0, 0.1) is 0 Å². The van der Waals surface area contributed by atoms with Gasteiger partial charge in [0, 0.05) is 66.2 Å². The third-order valence-electron chi connectivity index (χ3n) is 5.92. The molecular formula is C22H34N6O4S. The number of fused-ring (bicyclic) bond motifs is 1. The van der Waals surface area contributed by atoms with Crippen LogP contribution in [0.1, 0.15) is 26.1 Å². The highest BCUT2D eigenvalue weighted by Gasteiger charge is 2.23. The predicted molar refractivity (Wildman–Crippen MR) is 126 cm³/mol. The van der Waals surface area contributed by atoms with Gasteiger partial charge in [0.1, 0.15) is 5.82 Å². The van der Waals surface area contributed by atoms with Gasteiger partial charge in [0.15, 0.2) is 0 Å². The third-order valence-corrected chi connectivity index (χ3v) is 7.73. The Bertz CT molecular complexity index is 1100. The Hall–Kier alpha value is -2.50. The first-order valence-electron chi connectivity index (χ1n) is 11.4. The topological polar surface area (TPSA) is 108 Å². The van der Waals surface area contributed by atoms with E-state index in [9.17, 15) is 18.0 Å². The molecule has 1 saturated heterocycles. The minimum Gasteiger partial charge on any atom is -0.355 e. The molecule has 1 aliphatic heterocycles. The quantitative estimate of drug-likeness (QED) is 0.563. The largest absolute Gasteiger partial charge is 0.355 e. The van der Waals surface area contributed by atoms with Crippen LogP contribution in [0.25, 0.3) is 11.0 Å². The molecule has 2 amide bonds. The molecule has 0 unspecified atom stereocenters. The van der Waals surface area contributed by atoms with Crippen molar-refractivity contribution in [2.45, 2.75) is 38.1 Å². The number of hydrogen-bond donors (Lipinski definition) is 1. The zero-order valence-electron chi connectivity index (χ0n) is 19.9. The lowest BCUT2D eigenvalue weighted by Crippen LogP contribution is -2.51. The van der Waals surface area contributed by atoms with Gasteiger partial charge in [0.2, 0.25) is 21.8 Å². The average molecular weight is 479 g/mol. The van der Waals surface area contributed by atoms with Crippen molar-refractivity contribution < 1.29 is 18.0 Å². The summed E-state index contributed by atoms with van der Waals surface area (Å²) >= 11 is 0. The first-order valence-corrected chi connectivity index (χ1v) is 12.8. The lowest BCUT2D eigenvalue weighted by atomic mass is 10.2. The van der Waals surface area contributed by atoms with Crippen molar-refractivity contribution in [3.63, 3.8) is 0 Å². The molecule has 0 spiro atoms. The van der Waals surface area contributed by atoms with E-state index in [4.69, 9.17) is 0 Å². The van der Waals surface area contributed by atoms with Gasteiger partial charge in [-0.1, -0.05) is 0 Å². The van der Waals surface area contributed by atoms with Crippen LogP contribution in [0.4, 0.5) is 0 Å². The van der Waals surface area contributed by atoms with E-state index in [0.29, 0.717) is 64.2 Å². The van der Waals surface area contributed by atoms with E-state index in [1.165, 1.54) is 18.4 Å². The Morgan fingerprint density at radius 1 is 1.12 bits per heavy atom. The maximum atomic E-state index is 12.8. The van der Waals surface area contributed by atoms with Gasteiger partial charge in [0.25, 0.3) is 0 Å². The molecule has 33 heavy (non-hydrogen) atoms. The first-order chi connectivity index (χ1) is 15.7. The molecule has 1 aliphatic rings. The van der Waals surface area contributed by atoms with Gasteiger partial charge in [-0.25, -0.2) is 17.7 Å². The number of benzene rings is 1. The summed E-state index contributed by atoms with van der Waals surface area (Å²) in [4.78, 5) is 33.3. The van der Waals surface area contributed by atoms with Crippen LogP contribution in [-0.2, 0) is 32.6 Å². The number of aromatic nitrogens is 2. The van der Waals surface area contributed by atoms with Gasteiger partial charge in [-0.05, 0) is 32.0 Å². The van der Waals surface area contributed by atoms with Crippen molar-refractivity contribution in [1.29, 1.82) is 0 Å². The van der Waals surface area contributed by atoms with Gasteiger partial charge >= 0.3 is 0 Å². The van der Waals surface area contributed by atoms with E-state index < -0.39 is 10.0 Å². The summed E-state index contributed by atoms with van der Waals surface area (Å²) in [6, 6.07) is 4.97. The number of nitrogens with zero attached hydrogens (tertiary/aromatic N) is 5. The highest BCUT2D eigenvalue weighted by Crippen LogP contribution is 2.23. The lowest BCUT2D eigenvalue weighted by Gasteiger charge is -2.34. The molecule has 2 aromatic rings. The molecule has 0 atom stereocenters. The van der Waals surface area contributed by atoms with Crippen LogP contribution < -0.4 is 5.32 Å². The van der Waals surface area contributed by atoms with Crippen molar-refractivity contribution in [2.24, 2.45) is 0 Å². The molecule has 0 aliphatic carbocycles. The number of rotatable bonds is 9. The second-order valence-corrected chi connectivity index (χ2v) is 10.5. The molecule has 11 heteroatoms. The van der Waals surface area contributed by atoms with E-state index in [0.717, 1.165) is 11.3 Å². The second kappa shape index (κ2) is 10.6. The summed E-state index contributed by atoms with van der Waals surface area (Å²) in [5.41, 5.74) is 1.47. The van der Waals surface area contributed by atoms with Crippen LogP contribution in [0.2, 0.25) is 0 Å². The summed E-state index contributed by atoms with van der Waals surface area (Å²) in [5.74, 6) is 0.852. The van der Waals surface area contributed by atoms with E-state index in [1.54, 1.807) is 18.2 Å². The minimum atomic E-state index is -3.54. The number of nitrogens with one attached hydrogen (secondary N) is 1. The van der Waals surface area contributed by atoms with E-state index in [2.05, 4.69) is 15.2 Å². The second-order valence-electron chi connectivity index (χ2n) is 8.32. The molecule has 1 aromatic carbocycles. The van der Waals surface area contributed by atoms with Crippen molar-refractivity contribution in [3.8, 4) is 0 Å². The number of carbonyl (C=O) groups is 2. The van der Waals surface area contributed by atoms with Gasteiger partial charge in [-0.3, -0.25) is 14.5 Å². The van der Waals surface area contributed by atoms with Crippen molar-refractivity contribution in [3.05, 3.63) is 24.0 Å². The SMILES string of the molecule is CCNC(=O)CN1CCN(C(=O)CCc2nc3cc(S(=O)(=O)N(C)C)ccc3n2CC)CC1. The Kier molecular flexibility index (Phi) is 8.09. The van der Waals surface area contributed by atoms with E-state index >= 15 is 0 Å². The van der Waals surface area contributed by atoms with Crippen LogP contribution in [-0.4, -0.2) is 97.3 Å². The average Bonchev–Trinajstić information content (AvgIpc) is 3.14.